The van der Waals surface area contributed by atoms with Crippen molar-refractivity contribution in [3.05, 3.63) is 0 Å². The lowest BCUT2D eigenvalue weighted by Gasteiger charge is -2.25. The van der Waals surface area contributed by atoms with E-state index in [1.165, 1.54) is 0 Å². The van der Waals surface area contributed by atoms with Gasteiger partial charge in [-0.05, 0) is 0 Å². The first-order valence-corrected chi connectivity index (χ1v) is 6.12. The summed E-state index contributed by atoms with van der Waals surface area (Å²) in [5.74, 6) is 0. The van der Waals surface area contributed by atoms with Crippen LogP contribution >= 0.6 is 0 Å². The Balaban J connectivity index is 3.95. The summed E-state index contributed by atoms with van der Waals surface area (Å²) in [5, 5.41) is 0. The molecule has 0 aliphatic heterocycles. The van der Waals surface area contributed by atoms with Crippen molar-refractivity contribution < 1.29 is 13.3 Å². The summed E-state index contributed by atoms with van der Waals surface area (Å²) in [5.41, 5.74) is 5.33. The Hall–Kier alpha value is 0.0569. The summed E-state index contributed by atoms with van der Waals surface area (Å²) in [4.78, 5) is 0. The van der Waals surface area contributed by atoms with Crippen LogP contribution in [0.5, 0.6) is 0 Å². The topological polar surface area (TPSA) is 53.7 Å². The van der Waals surface area contributed by atoms with Gasteiger partial charge in [0.05, 0.1) is 6.61 Å². The summed E-state index contributed by atoms with van der Waals surface area (Å²) in [6, 6.07) is 0.847. The third kappa shape index (κ3) is 3.64. The maximum Gasteiger partial charge on any atom is 0.500 e. The zero-order chi connectivity index (χ0) is 9.45. The van der Waals surface area contributed by atoms with E-state index in [1.54, 1.807) is 14.2 Å². The first kappa shape index (κ1) is 12.1. The average Bonchev–Trinajstić information content (AvgIpc) is 2.13. The molecule has 0 atom stereocenters. The number of hydrogen-bond acceptors (Lipinski definition) is 4. The molecular weight excluding hydrogens is 174 g/mol. The van der Waals surface area contributed by atoms with Crippen LogP contribution in [-0.4, -0.2) is 36.2 Å². The molecule has 4 nitrogen and oxygen atoms in total. The van der Waals surface area contributed by atoms with Gasteiger partial charge in [-0.25, -0.2) is 0 Å². The van der Waals surface area contributed by atoms with Gasteiger partial charge < -0.3 is 19.0 Å². The molecule has 0 heterocycles. The van der Waals surface area contributed by atoms with E-state index in [9.17, 15) is 0 Å². The Bertz CT molecular complexity index is 109. The SMILES string of the molecule is CCC[Si](OC)(OC)OCCN. The fraction of sp³-hybridized carbons (Fsp3) is 1.00. The Kier molecular flexibility index (Phi) is 6.59. The van der Waals surface area contributed by atoms with Crippen LogP contribution in [0.15, 0.2) is 0 Å². The summed E-state index contributed by atoms with van der Waals surface area (Å²) >= 11 is 0. The van der Waals surface area contributed by atoms with Crippen LogP contribution in [-0.2, 0) is 13.3 Å². The second-order valence-electron chi connectivity index (χ2n) is 2.48. The second-order valence-corrected chi connectivity index (χ2v) is 5.45. The summed E-state index contributed by atoms with van der Waals surface area (Å²) in [6.07, 6.45) is 0.998. The standard InChI is InChI=1S/C7H19NO3Si/c1-4-7-12(9-2,10-3)11-6-5-8/h4-8H2,1-3H3. The van der Waals surface area contributed by atoms with Gasteiger partial charge in [0.1, 0.15) is 0 Å². The van der Waals surface area contributed by atoms with Gasteiger partial charge in [0.2, 0.25) is 0 Å². The van der Waals surface area contributed by atoms with Crippen LogP contribution in [0.3, 0.4) is 0 Å². The van der Waals surface area contributed by atoms with E-state index in [0.717, 1.165) is 12.5 Å². The van der Waals surface area contributed by atoms with Gasteiger partial charge in [0, 0.05) is 26.8 Å². The normalized spacial score (nSPS) is 12.0. The molecule has 0 aromatic heterocycles. The highest BCUT2D eigenvalue weighted by molar-refractivity contribution is 6.60. The van der Waals surface area contributed by atoms with Crippen LogP contribution in [0, 0.1) is 0 Å². The Morgan fingerprint density at radius 2 is 1.83 bits per heavy atom. The molecule has 74 valence electrons. The molecule has 0 bridgehead atoms. The van der Waals surface area contributed by atoms with Crippen molar-refractivity contribution in [2.45, 2.75) is 19.4 Å². The molecule has 2 N–H and O–H groups in total. The highest BCUT2D eigenvalue weighted by Crippen LogP contribution is 2.14. The molecular formula is C7H19NO3Si. The zero-order valence-electron chi connectivity index (χ0n) is 8.13. The first-order valence-electron chi connectivity index (χ1n) is 4.19. The molecule has 0 aromatic carbocycles. The van der Waals surface area contributed by atoms with Gasteiger partial charge in [-0.3, -0.25) is 0 Å². The molecule has 0 unspecified atom stereocenters. The smallest absolute Gasteiger partial charge is 0.377 e. The Morgan fingerprint density at radius 3 is 2.17 bits per heavy atom. The van der Waals surface area contributed by atoms with Crippen molar-refractivity contribution >= 4 is 8.80 Å². The largest absolute Gasteiger partial charge is 0.500 e. The zero-order valence-corrected chi connectivity index (χ0v) is 9.13. The highest BCUT2D eigenvalue weighted by atomic mass is 28.4. The van der Waals surface area contributed by atoms with Crippen LogP contribution in [0.4, 0.5) is 0 Å². The minimum Gasteiger partial charge on any atom is -0.377 e. The Morgan fingerprint density at radius 1 is 1.25 bits per heavy atom. The molecule has 0 spiro atoms. The van der Waals surface area contributed by atoms with Gasteiger partial charge in [-0.2, -0.15) is 0 Å². The van der Waals surface area contributed by atoms with Crippen molar-refractivity contribution in [2.24, 2.45) is 5.73 Å². The maximum atomic E-state index is 5.49. The lowest BCUT2D eigenvalue weighted by molar-refractivity contribution is 0.101. The predicted molar refractivity (Wildman–Crippen MR) is 49.9 cm³/mol. The van der Waals surface area contributed by atoms with Gasteiger partial charge >= 0.3 is 8.80 Å². The van der Waals surface area contributed by atoms with E-state index >= 15 is 0 Å². The summed E-state index contributed by atoms with van der Waals surface area (Å²) in [7, 11) is 0.909. The van der Waals surface area contributed by atoms with E-state index in [0.29, 0.717) is 13.2 Å². The fourth-order valence-electron chi connectivity index (χ4n) is 0.998. The second kappa shape index (κ2) is 6.56. The molecule has 0 fully saturated rings. The minimum absolute atomic E-state index is 0.505. The van der Waals surface area contributed by atoms with E-state index < -0.39 is 8.80 Å². The van der Waals surface area contributed by atoms with Crippen molar-refractivity contribution in [1.82, 2.24) is 0 Å². The predicted octanol–water partition coefficient (Wildman–Crippen LogP) is 0.603. The maximum absolute atomic E-state index is 5.49. The third-order valence-corrected chi connectivity index (χ3v) is 4.62. The number of hydrogen-bond donors (Lipinski definition) is 1. The number of nitrogens with two attached hydrogens (primary N) is 1. The highest BCUT2D eigenvalue weighted by Gasteiger charge is 2.37. The van der Waals surface area contributed by atoms with E-state index in [2.05, 4.69) is 6.92 Å². The van der Waals surface area contributed by atoms with E-state index in [1.807, 2.05) is 0 Å². The molecule has 0 saturated carbocycles. The fourth-order valence-corrected chi connectivity index (χ4v) is 2.99. The Labute approximate surface area is 75.4 Å². The van der Waals surface area contributed by atoms with E-state index in [-0.39, 0.29) is 0 Å². The monoisotopic (exact) mass is 193 g/mol. The molecule has 12 heavy (non-hydrogen) atoms. The van der Waals surface area contributed by atoms with Gasteiger partial charge in [-0.1, -0.05) is 13.3 Å². The third-order valence-electron chi connectivity index (χ3n) is 1.62. The lowest BCUT2D eigenvalue weighted by Crippen LogP contribution is -2.44. The van der Waals surface area contributed by atoms with Crippen molar-refractivity contribution in [3.63, 3.8) is 0 Å². The molecule has 0 rings (SSSR count). The summed E-state index contributed by atoms with van der Waals surface area (Å²) in [6.45, 7) is 3.09. The van der Waals surface area contributed by atoms with Crippen molar-refractivity contribution in [1.29, 1.82) is 0 Å². The average molecular weight is 193 g/mol. The number of rotatable bonds is 7. The first-order chi connectivity index (χ1) is 5.74. The van der Waals surface area contributed by atoms with Crippen LogP contribution in [0.2, 0.25) is 6.04 Å². The molecule has 0 aromatic rings. The minimum atomic E-state index is -2.34. The molecule has 0 saturated heterocycles. The molecule has 0 amide bonds. The van der Waals surface area contributed by atoms with Crippen LogP contribution in [0.1, 0.15) is 13.3 Å². The van der Waals surface area contributed by atoms with Gasteiger partial charge in [0.25, 0.3) is 0 Å². The van der Waals surface area contributed by atoms with Gasteiger partial charge in [-0.15, -0.1) is 0 Å². The lowest BCUT2D eigenvalue weighted by atomic mass is 10.6. The van der Waals surface area contributed by atoms with Crippen LogP contribution in [0.25, 0.3) is 0 Å². The molecule has 0 radical (unpaired) electrons. The molecule has 0 aliphatic carbocycles. The molecule has 0 aliphatic rings. The van der Waals surface area contributed by atoms with Crippen LogP contribution < -0.4 is 5.73 Å². The van der Waals surface area contributed by atoms with E-state index in [4.69, 9.17) is 19.0 Å². The molecule has 5 heteroatoms. The van der Waals surface area contributed by atoms with Gasteiger partial charge in [0.15, 0.2) is 0 Å². The van der Waals surface area contributed by atoms with Crippen molar-refractivity contribution in [2.75, 3.05) is 27.4 Å². The summed E-state index contributed by atoms with van der Waals surface area (Å²) < 4.78 is 16.0. The van der Waals surface area contributed by atoms with Crippen molar-refractivity contribution in [3.8, 4) is 0 Å². The quantitative estimate of drug-likeness (QED) is 0.602.